The summed E-state index contributed by atoms with van der Waals surface area (Å²) >= 11 is 1.42. The number of thioether (sulfide) groups is 1. The molecule has 0 aliphatic rings. The van der Waals surface area contributed by atoms with Crippen LogP contribution in [-0.2, 0) is 17.0 Å². The molecule has 2 N–H and O–H groups in total. The van der Waals surface area contributed by atoms with E-state index in [0.717, 1.165) is 21.6 Å². The van der Waals surface area contributed by atoms with Crippen molar-refractivity contribution >= 4 is 29.7 Å². The smallest absolute Gasteiger partial charge is 0.327 e. The molecule has 7 heteroatoms. The van der Waals surface area contributed by atoms with Crippen molar-refractivity contribution in [1.82, 2.24) is 10.2 Å². The minimum absolute atomic E-state index is 0.191. The van der Waals surface area contributed by atoms with Crippen LogP contribution in [0.5, 0.6) is 0 Å². The molecule has 3 aromatic carbocycles. The predicted molar refractivity (Wildman–Crippen MR) is 140 cm³/mol. The van der Waals surface area contributed by atoms with Crippen molar-refractivity contribution in [2.45, 2.75) is 31.6 Å². The van der Waals surface area contributed by atoms with Gasteiger partial charge in [0.25, 0.3) is 5.91 Å². The van der Waals surface area contributed by atoms with Gasteiger partial charge in [-0.25, -0.2) is 9.59 Å². The number of carbonyl (C=O) groups is 3. The summed E-state index contributed by atoms with van der Waals surface area (Å²) in [5.74, 6) is -0.754. The van der Waals surface area contributed by atoms with Gasteiger partial charge in [-0.1, -0.05) is 79.7 Å². The lowest BCUT2D eigenvalue weighted by atomic mass is 10.0. The average molecular weight is 491 g/mol. The Labute approximate surface area is 210 Å². The molecule has 0 saturated heterocycles. The van der Waals surface area contributed by atoms with E-state index in [1.807, 2.05) is 73.7 Å². The van der Waals surface area contributed by atoms with Gasteiger partial charge in [0.15, 0.2) is 0 Å². The van der Waals surface area contributed by atoms with Crippen LogP contribution in [-0.4, -0.2) is 46.3 Å². The Balaban J connectivity index is 1.66. The number of nitrogens with zero attached hydrogens (tertiary/aromatic N) is 1. The van der Waals surface area contributed by atoms with Gasteiger partial charge in [0.2, 0.25) is 0 Å². The summed E-state index contributed by atoms with van der Waals surface area (Å²) in [6, 6.07) is 25.0. The molecule has 3 amide bonds. The summed E-state index contributed by atoms with van der Waals surface area (Å²) in [5, 5.41) is 12.2. The summed E-state index contributed by atoms with van der Waals surface area (Å²) in [6.07, 6.45) is 1.23. The van der Waals surface area contributed by atoms with Gasteiger partial charge >= 0.3 is 12.0 Å². The summed E-state index contributed by atoms with van der Waals surface area (Å²) in [5.41, 5.74) is 3.55. The highest BCUT2D eigenvalue weighted by Crippen LogP contribution is 2.15. The SMILES string of the molecule is CCCN(C(=O)N[C@@H](CSCc1ccccc1)C(=O)O)C(=O)c1cccc(Cc2ccccc2)c1. The lowest BCUT2D eigenvalue weighted by Crippen LogP contribution is -2.51. The molecule has 0 aliphatic heterocycles. The molecule has 0 radical (unpaired) electrons. The normalized spacial score (nSPS) is 11.5. The number of hydrogen-bond acceptors (Lipinski definition) is 4. The number of benzene rings is 3. The highest BCUT2D eigenvalue weighted by Gasteiger charge is 2.27. The molecule has 6 nitrogen and oxygen atoms in total. The first kappa shape index (κ1) is 26.0. The van der Waals surface area contributed by atoms with Gasteiger partial charge in [0, 0.05) is 23.6 Å². The van der Waals surface area contributed by atoms with E-state index in [1.165, 1.54) is 11.8 Å². The van der Waals surface area contributed by atoms with Gasteiger partial charge in [0.05, 0.1) is 0 Å². The number of amides is 3. The van der Waals surface area contributed by atoms with Crippen LogP contribution in [0.1, 0.15) is 40.4 Å². The van der Waals surface area contributed by atoms with Gasteiger partial charge < -0.3 is 10.4 Å². The second-order valence-corrected chi connectivity index (χ2v) is 9.19. The van der Waals surface area contributed by atoms with Crippen molar-refractivity contribution in [2.24, 2.45) is 0 Å². The van der Waals surface area contributed by atoms with Gasteiger partial charge in [-0.2, -0.15) is 11.8 Å². The fourth-order valence-electron chi connectivity index (χ4n) is 3.59. The topological polar surface area (TPSA) is 86.7 Å². The molecule has 35 heavy (non-hydrogen) atoms. The maximum absolute atomic E-state index is 13.2. The third kappa shape index (κ3) is 8.00. The highest BCUT2D eigenvalue weighted by molar-refractivity contribution is 7.98. The number of hydrogen-bond donors (Lipinski definition) is 2. The van der Waals surface area contributed by atoms with Crippen LogP contribution in [0.25, 0.3) is 0 Å². The number of carbonyl (C=O) groups excluding carboxylic acids is 2. The minimum Gasteiger partial charge on any atom is -0.480 e. The van der Waals surface area contributed by atoms with Gasteiger partial charge in [0.1, 0.15) is 6.04 Å². The molecule has 0 aromatic heterocycles. The summed E-state index contributed by atoms with van der Waals surface area (Å²) in [7, 11) is 0. The highest BCUT2D eigenvalue weighted by atomic mass is 32.2. The number of urea groups is 1. The van der Waals surface area contributed by atoms with Crippen LogP contribution >= 0.6 is 11.8 Å². The average Bonchev–Trinajstić information content (AvgIpc) is 2.87. The molecular weight excluding hydrogens is 460 g/mol. The second kappa shape index (κ2) is 13.3. The zero-order valence-electron chi connectivity index (χ0n) is 19.7. The first-order valence-corrected chi connectivity index (χ1v) is 12.7. The zero-order chi connectivity index (χ0) is 25.0. The molecule has 3 aromatic rings. The largest absolute Gasteiger partial charge is 0.480 e. The van der Waals surface area contributed by atoms with Crippen LogP contribution in [0.2, 0.25) is 0 Å². The molecule has 0 fully saturated rings. The van der Waals surface area contributed by atoms with E-state index in [1.54, 1.807) is 18.2 Å². The van der Waals surface area contributed by atoms with Crippen LogP contribution < -0.4 is 5.32 Å². The molecule has 0 aliphatic carbocycles. The molecular formula is C28H30N2O4S. The molecule has 0 heterocycles. The van der Waals surface area contributed by atoms with E-state index in [0.29, 0.717) is 24.2 Å². The van der Waals surface area contributed by atoms with Gasteiger partial charge in [-0.05, 0) is 41.7 Å². The number of rotatable bonds is 11. The number of carboxylic acids is 1. The Bertz CT molecular complexity index is 1120. The van der Waals surface area contributed by atoms with Crippen LogP contribution in [0.15, 0.2) is 84.9 Å². The maximum atomic E-state index is 13.2. The lowest BCUT2D eigenvalue weighted by Gasteiger charge is -2.23. The van der Waals surface area contributed by atoms with Crippen molar-refractivity contribution < 1.29 is 19.5 Å². The predicted octanol–water partition coefficient (Wildman–Crippen LogP) is 5.23. The Morgan fingerprint density at radius 3 is 2.14 bits per heavy atom. The van der Waals surface area contributed by atoms with E-state index in [9.17, 15) is 19.5 Å². The van der Waals surface area contributed by atoms with E-state index < -0.39 is 23.9 Å². The molecule has 0 unspecified atom stereocenters. The van der Waals surface area contributed by atoms with E-state index in [2.05, 4.69) is 5.32 Å². The first-order valence-electron chi connectivity index (χ1n) is 11.6. The van der Waals surface area contributed by atoms with Crippen LogP contribution in [0.3, 0.4) is 0 Å². The fraction of sp³-hybridized carbons (Fsp3) is 0.250. The number of carboxylic acid groups (broad SMARTS) is 1. The zero-order valence-corrected chi connectivity index (χ0v) is 20.5. The summed E-state index contributed by atoms with van der Waals surface area (Å²) < 4.78 is 0. The van der Waals surface area contributed by atoms with E-state index in [-0.39, 0.29) is 12.3 Å². The summed E-state index contributed by atoms with van der Waals surface area (Å²) in [4.78, 5) is 39.1. The molecule has 182 valence electrons. The van der Waals surface area contributed by atoms with Crippen molar-refractivity contribution in [3.05, 3.63) is 107 Å². The van der Waals surface area contributed by atoms with Crippen molar-refractivity contribution in [1.29, 1.82) is 0 Å². The first-order chi connectivity index (χ1) is 17.0. The number of aliphatic carboxylic acids is 1. The summed E-state index contributed by atoms with van der Waals surface area (Å²) in [6.45, 7) is 2.06. The maximum Gasteiger partial charge on any atom is 0.327 e. The molecule has 0 bridgehead atoms. The Morgan fingerprint density at radius 1 is 0.886 bits per heavy atom. The van der Waals surface area contributed by atoms with Crippen LogP contribution in [0.4, 0.5) is 4.79 Å². The van der Waals surface area contributed by atoms with E-state index >= 15 is 0 Å². The molecule has 0 spiro atoms. The number of nitrogens with one attached hydrogen (secondary N) is 1. The molecule has 3 rings (SSSR count). The van der Waals surface area contributed by atoms with Crippen molar-refractivity contribution in [3.8, 4) is 0 Å². The van der Waals surface area contributed by atoms with E-state index in [4.69, 9.17) is 0 Å². The monoisotopic (exact) mass is 490 g/mol. The van der Waals surface area contributed by atoms with Gasteiger partial charge in [-0.15, -0.1) is 0 Å². The minimum atomic E-state index is -1.13. The quantitative estimate of drug-likeness (QED) is 0.385. The Hall–Kier alpha value is -3.58. The Kier molecular flexibility index (Phi) is 9.93. The third-order valence-corrected chi connectivity index (χ3v) is 6.46. The van der Waals surface area contributed by atoms with Gasteiger partial charge in [-0.3, -0.25) is 9.69 Å². The number of imide groups is 1. The lowest BCUT2D eigenvalue weighted by molar-refractivity contribution is -0.138. The van der Waals surface area contributed by atoms with Crippen molar-refractivity contribution in [3.63, 3.8) is 0 Å². The second-order valence-electron chi connectivity index (χ2n) is 8.16. The third-order valence-electron chi connectivity index (χ3n) is 5.35. The molecule has 0 saturated carbocycles. The molecule has 1 atom stereocenters. The Morgan fingerprint density at radius 2 is 1.51 bits per heavy atom. The standard InChI is InChI=1S/C28H30N2O4S/c1-2-16-30(26(31)24-15-9-14-23(18-24)17-21-10-5-3-6-11-21)28(34)29-25(27(32)33)20-35-19-22-12-7-4-8-13-22/h3-15,18,25H,2,16-17,19-20H2,1H3,(H,29,34)(H,32,33)/t25-/m0/s1. The fourth-order valence-corrected chi connectivity index (χ4v) is 4.60. The van der Waals surface area contributed by atoms with Crippen LogP contribution in [0, 0.1) is 0 Å². The van der Waals surface area contributed by atoms with Crippen molar-refractivity contribution in [2.75, 3.05) is 12.3 Å².